The van der Waals surface area contributed by atoms with Crippen LogP contribution in [-0.2, 0) is 11.2 Å². The van der Waals surface area contributed by atoms with Crippen LogP contribution in [0.5, 0.6) is 0 Å². The minimum Gasteiger partial charge on any atom is -0.475 e. The molecule has 0 aliphatic heterocycles. The van der Waals surface area contributed by atoms with Gasteiger partial charge in [-0.25, -0.2) is 4.79 Å². The van der Waals surface area contributed by atoms with Gasteiger partial charge < -0.3 is 25.1 Å². The molecule has 0 radical (unpaired) electrons. The van der Waals surface area contributed by atoms with Gasteiger partial charge in [-0.05, 0) is 74.3 Å². The highest BCUT2D eigenvalue weighted by Gasteiger charge is 2.14. The summed E-state index contributed by atoms with van der Waals surface area (Å²) in [7, 11) is 0. The summed E-state index contributed by atoms with van der Waals surface area (Å²) in [4.78, 5) is 26.8. The van der Waals surface area contributed by atoms with Crippen molar-refractivity contribution in [3.05, 3.63) is 65.5 Å². The number of anilines is 1. The number of H-pyrrole nitrogens is 1. The second-order valence-electron chi connectivity index (χ2n) is 7.62. The lowest BCUT2D eigenvalue weighted by atomic mass is 10.1. The van der Waals surface area contributed by atoms with Gasteiger partial charge in [-0.15, -0.1) is 0 Å². The van der Waals surface area contributed by atoms with E-state index in [9.17, 15) is 9.59 Å². The fourth-order valence-electron chi connectivity index (χ4n) is 3.62. The molecule has 4 rings (SSSR count). The van der Waals surface area contributed by atoms with Crippen LogP contribution in [0.3, 0.4) is 0 Å². The monoisotopic (exact) mass is 430 g/mol. The van der Waals surface area contributed by atoms with Crippen LogP contribution in [0.15, 0.2) is 53.1 Å². The lowest BCUT2D eigenvalue weighted by molar-refractivity contribution is -0.117. The van der Waals surface area contributed by atoms with E-state index >= 15 is 0 Å². The summed E-state index contributed by atoms with van der Waals surface area (Å²) >= 11 is 0. The number of aryl methyl sites for hydroxylation is 1. The molecule has 4 N–H and O–H groups in total. The highest BCUT2D eigenvalue weighted by Crippen LogP contribution is 2.23. The molecule has 1 amide bonds. The van der Waals surface area contributed by atoms with Crippen molar-refractivity contribution in [3.8, 4) is 6.07 Å². The van der Waals surface area contributed by atoms with Gasteiger partial charge in [0.1, 0.15) is 5.58 Å². The SMILES string of the molecule is CC(NCCCc1c[nH]c2ccc(C#N)cc12)C(=O)Nc1ccc2oc(C(=O)O)cc2c1. The standard InChI is InChI=1S/C24H22N4O4/c1-14(23(29)28-18-5-7-21-17(10-18)11-22(32-21)24(30)31)26-8-2-3-16-13-27-20-6-4-15(12-25)9-19(16)20/h4-7,9-11,13-14,26-27H,2-3,8H2,1H3,(H,28,29)(H,30,31). The maximum absolute atomic E-state index is 12.5. The van der Waals surface area contributed by atoms with Crippen molar-refractivity contribution in [2.24, 2.45) is 0 Å². The molecule has 8 heteroatoms. The Labute approximate surface area is 183 Å². The lowest BCUT2D eigenvalue weighted by Gasteiger charge is -2.14. The number of aromatic amines is 1. The van der Waals surface area contributed by atoms with Crippen molar-refractivity contribution < 1.29 is 19.1 Å². The average Bonchev–Trinajstić information content (AvgIpc) is 3.40. The van der Waals surface area contributed by atoms with E-state index in [0.717, 1.165) is 29.3 Å². The molecule has 4 aromatic rings. The molecule has 1 unspecified atom stereocenters. The Hall–Kier alpha value is -4.09. The second-order valence-corrected chi connectivity index (χ2v) is 7.62. The number of nitrogens with one attached hydrogen (secondary N) is 3. The number of benzene rings is 2. The molecule has 0 bridgehead atoms. The average molecular weight is 430 g/mol. The minimum atomic E-state index is -1.14. The molecule has 1 atom stereocenters. The van der Waals surface area contributed by atoms with Gasteiger partial charge in [-0.1, -0.05) is 0 Å². The fraction of sp³-hybridized carbons (Fsp3) is 0.208. The maximum Gasteiger partial charge on any atom is 0.371 e. The van der Waals surface area contributed by atoms with Crippen molar-refractivity contribution in [2.75, 3.05) is 11.9 Å². The van der Waals surface area contributed by atoms with Gasteiger partial charge in [-0.3, -0.25) is 4.79 Å². The van der Waals surface area contributed by atoms with Gasteiger partial charge in [0.2, 0.25) is 11.7 Å². The molecule has 8 nitrogen and oxygen atoms in total. The Morgan fingerprint density at radius 3 is 2.84 bits per heavy atom. The molecule has 0 spiro atoms. The normalized spacial score (nSPS) is 12.0. The zero-order chi connectivity index (χ0) is 22.7. The molecule has 0 fully saturated rings. The Morgan fingerprint density at radius 1 is 1.22 bits per heavy atom. The first-order chi connectivity index (χ1) is 15.4. The van der Waals surface area contributed by atoms with Crippen molar-refractivity contribution in [1.29, 1.82) is 5.26 Å². The molecule has 2 aromatic heterocycles. The van der Waals surface area contributed by atoms with Crippen LogP contribution >= 0.6 is 0 Å². The van der Waals surface area contributed by atoms with Crippen LogP contribution < -0.4 is 10.6 Å². The van der Waals surface area contributed by atoms with Crippen LogP contribution in [0, 0.1) is 11.3 Å². The molecular formula is C24H22N4O4. The summed E-state index contributed by atoms with van der Waals surface area (Å²) in [5.74, 6) is -1.46. The van der Waals surface area contributed by atoms with Crippen molar-refractivity contribution in [2.45, 2.75) is 25.8 Å². The number of hydrogen-bond donors (Lipinski definition) is 4. The third-order valence-electron chi connectivity index (χ3n) is 5.36. The van der Waals surface area contributed by atoms with Crippen LogP contribution in [0.2, 0.25) is 0 Å². The van der Waals surface area contributed by atoms with Crippen LogP contribution in [-0.4, -0.2) is 34.6 Å². The number of rotatable bonds is 8. The molecule has 2 heterocycles. The molecule has 32 heavy (non-hydrogen) atoms. The zero-order valence-electron chi connectivity index (χ0n) is 17.4. The Balaban J connectivity index is 1.29. The van der Waals surface area contributed by atoms with E-state index in [4.69, 9.17) is 14.8 Å². The van der Waals surface area contributed by atoms with E-state index < -0.39 is 12.0 Å². The summed E-state index contributed by atoms with van der Waals surface area (Å²) in [6.07, 6.45) is 3.61. The minimum absolute atomic E-state index is 0.141. The number of carbonyl (C=O) groups is 2. The number of furan rings is 1. The number of carbonyl (C=O) groups excluding carboxylic acids is 1. The number of carboxylic acid groups (broad SMARTS) is 1. The van der Waals surface area contributed by atoms with Gasteiger partial charge in [0.05, 0.1) is 17.7 Å². The third kappa shape index (κ3) is 4.48. The number of aromatic carboxylic acids is 1. The molecule has 0 saturated heterocycles. The highest BCUT2D eigenvalue weighted by atomic mass is 16.4. The largest absolute Gasteiger partial charge is 0.475 e. The highest BCUT2D eigenvalue weighted by molar-refractivity contribution is 5.97. The van der Waals surface area contributed by atoms with Gasteiger partial charge in [0, 0.05) is 28.2 Å². The number of carboxylic acids is 1. The van der Waals surface area contributed by atoms with Gasteiger partial charge in [0.15, 0.2) is 0 Å². The number of nitriles is 1. The van der Waals surface area contributed by atoms with Crippen LogP contribution in [0.4, 0.5) is 5.69 Å². The van der Waals surface area contributed by atoms with Crippen molar-refractivity contribution >= 4 is 39.4 Å². The number of nitrogens with zero attached hydrogens (tertiary/aromatic N) is 1. The Morgan fingerprint density at radius 2 is 2.06 bits per heavy atom. The van der Waals surface area contributed by atoms with Gasteiger partial charge >= 0.3 is 5.97 Å². The lowest BCUT2D eigenvalue weighted by Crippen LogP contribution is -2.38. The smallest absolute Gasteiger partial charge is 0.371 e. The first-order valence-corrected chi connectivity index (χ1v) is 10.3. The van der Waals surface area contributed by atoms with Crippen molar-refractivity contribution in [1.82, 2.24) is 10.3 Å². The second kappa shape index (κ2) is 8.96. The molecular weight excluding hydrogens is 408 g/mol. The third-order valence-corrected chi connectivity index (χ3v) is 5.36. The molecule has 0 aliphatic carbocycles. The van der Waals surface area contributed by atoms with E-state index in [2.05, 4.69) is 21.7 Å². The predicted octanol–water partition coefficient (Wildman–Crippen LogP) is 4.03. The van der Waals surface area contributed by atoms with Gasteiger partial charge in [-0.2, -0.15) is 5.26 Å². The molecule has 2 aromatic carbocycles. The van der Waals surface area contributed by atoms with E-state index in [-0.39, 0.29) is 11.7 Å². The van der Waals surface area contributed by atoms with E-state index in [1.54, 1.807) is 31.2 Å². The Bertz CT molecular complexity index is 1350. The summed E-state index contributed by atoms with van der Waals surface area (Å²) in [6, 6.07) is 13.8. The number of hydrogen-bond acceptors (Lipinski definition) is 5. The van der Waals surface area contributed by atoms with Crippen LogP contribution in [0.1, 0.15) is 35.0 Å². The maximum atomic E-state index is 12.5. The number of fused-ring (bicyclic) bond motifs is 2. The summed E-state index contributed by atoms with van der Waals surface area (Å²) in [5.41, 5.74) is 3.80. The predicted molar refractivity (Wildman–Crippen MR) is 121 cm³/mol. The number of amides is 1. The zero-order valence-corrected chi connectivity index (χ0v) is 17.4. The quantitative estimate of drug-likeness (QED) is 0.312. The summed E-state index contributed by atoms with van der Waals surface area (Å²) < 4.78 is 5.23. The first kappa shape index (κ1) is 21.2. The summed E-state index contributed by atoms with van der Waals surface area (Å²) in [5, 5.41) is 25.8. The van der Waals surface area contributed by atoms with Crippen molar-refractivity contribution in [3.63, 3.8) is 0 Å². The van der Waals surface area contributed by atoms with Crippen LogP contribution in [0.25, 0.3) is 21.9 Å². The van der Waals surface area contributed by atoms with E-state index in [1.165, 1.54) is 6.07 Å². The summed E-state index contributed by atoms with van der Waals surface area (Å²) in [6.45, 7) is 2.45. The molecule has 162 valence electrons. The fourth-order valence-corrected chi connectivity index (χ4v) is 3.62. The Kier molecular flexibility index (Phi) is 5.92. The number of aromatic nitrogens is 1. The van der Waals surface area contributed by atoms with E-state index in [1.807, 2.05) is 18.3 Å². The first-order valence-electron chi connectivity index (χ1n) is 10.3. The van der Waals surface area contributed by atoms with E-state index in [0.29, 0.717) is 28.8 Å². The van der Waals surface area contributed by atoms with Gasteiger partial charge in [0.25, 0.3) is 0 Å². The topological polar surface area (TPSA) is 131 Å². The molecule has 0 saturated carbocycles. The molecule has 0 aliphatic rings.